The Morgan fingerprint density at radius 1 is 1.29 bits per heavy atom. The minimum atomic E-state index is -0.986. The minimum absolute atomic E-state index is 0.0555. The Bertz CT molecular complexity index is 521. The normalized spacial score (nSPS) is 11.0. The Hall–Kier alpha value is -2.11. The van der Waals surface area contributed by atoms with Crippen molar-refractivity contribution in [1.29, 1.82) is 0 Å². The number of carbonyl (C=O) groups is 2. The van der Waals surface area contributed by atoms with Crippen LogP contribution in [0.25, 0.3) is 0 Å². The van der Waals surface area contributed by atoms with E-state index in [9.17, 15) is 9.59 Å². The number of nitrogens with one attached hydrogen (secondary N) is 2. The van der Waals surface area contributed by atoms with Gasteiger partial charge in [-0.25, -0.2) is 9.78 Å². The maximum absolute atomic E-state index is 11.7. The van der Waals surface area contributed by atoms with E-state index in [1.54, 1.807) is 6.07 Å². The van der Waals surface area contributed by atoms with Crippen LogP contribution >= 0.6 is 0 Å². The first-order valence-corrected chi connectivity index (χ1v) is 7.00. The molecular formula is C15H23N3O3. The maximum Gasteiger partial charge on any atom is 0.335 e. The van der Waals surface area contributed by atoms with E-state index in [-0.39, 0.29) is 17.0 Å². The summed E-state index contributed by atoms with van der Waals surface area (Å²) in [5.74, 6) is -0.559. The van der Waals surface area contributed by atoms with Gasteiger partial charge in [-0.05, 0) is 39.3 Å². The second kappa shape index (κ2) is 7.06. The van der Waals surface area contributed by atoms with Crippen molar-refractivity contribution in [1.82, 2.24) is 10.3 Å². The summed E-state index contributed by atoms with van der Waals surface area (Å²) < 4.78 is 0. The molecule has 3 N–H and O–H groups in total. The van der Waals surface area contributed by atoms with E-state index >= 15 is 0 Å². The summed E-state index contributed by atoms with van der Waals surface area (Å²) >= 11 is 0. The van der Waals surface area contributed by atoms with Gasteiger partial charge in [0.2, 0.25) is 5.91 Å². The molecule has 1 aromatic rings. The number of aromatic nitrogens is 1. The fourth-order valence-corrected chi connectivity index (χ4v) is 1.77. The number of carbonyl (C=O) groups excluding carboxylic acids is 1. The molecule has 0 saturated carbocycles. The van der Waals surface area contributed by atoms with Crippen LogP contribution < -0.4 is 10.6 Å². The van der Waals surface area contributed by atoms with Crippen molar-refractivity contribution in [2.75, 3.05) is 11.9 Å². The lowest BCUT2D eigenvalue weighted by atomic mass is 10.1. The predicted octanol–water partition coefficient (Wildman–Crippen LogP) is 2.06. The van der Waals surface area contributed by atoms with Crippen LogP contribution in [0.5, 0.6) is 0 Å². The number of carboxylic acid groups (broad SMARTS) is 1. The van der Waals surface area contributed by atoms with Gasteiger partial charge in [-0.2, -0.15) is 0 Å². The smallest absolute Gasteiger partial charge is 0.335 e. The minimum Gasteiger partial charge on any atom is -0.478 e. The number of hydrogen-bond donors (Lipinski definition) is 3. The van der Waals surface area contributed by atoms with Gasteiger partial charge in [0.15, 0.2) is 0 Å². The van der Waals surface area contributed by atoms with Crippen LogP contribution in [0.2, 0.25) is 0 Å². The van der Waals surface area contributed by atoms with Crippen LogP contribution in [0, 0.1) is 0 Å². The predicted molar refractivity (Wildman–Crippen MR) is 81.6 cm³/mol. The van der Waals surface area contributed by atoms with Gasteiger partial charge in [0.25, 0.3) is 0 Å². The molecule has 0 radical (unpaired) electrons. The van der Waals surface area contributed by atoms with Crippen LogP contribution in [-0.2, 0) is 11.2 Å². The molecule has 0 saturated heterocycles. The fraction of sp³-hybridized carbons (Fsp3) is 0.533. The highest BCUT2D eigenvalue weighted by Gasteiger charge is 2.13. The van der Waals surface area contributed by atoms with Crippen molar-refractivity contribution in [3.63, 3.8) is 0 Å². The fourth-order valence-electron chi connectivity index (χ4n) is 1.77. The first-order chi connectivity index (χ1) is 9.71. The Morgan fingerprint density at radius 3 is 2.48 bits per heavy atom. The molecule has 116 valence electrons. The Kier molecular flexibility index (Phi) is 5.69. The van der Waals surface area contributed by atoms with E-state index in [1.165, 1.54) is 6.07 Å². The molecule has 1 aromatic heterocycles. The molecule has 6 heteroatoms. The first-order valence-electron chi connectivity index (χ1n) is 7.00. The molecule has 1 rings (SSSR count). The highest BCUT2D eigenvalue weighted by molar-refractivity contribution is 5.88. The zero-order chi connectivity index (χ0) is 16.0. The summed E-state index contributed by atoms with van der Waals surface area (Å²) in [5.41, 5.74) is 0.647. The SMILES string of the molecule is CCc1cc(C(=O)O)cc(NCCC(=O)NC(C)(C)C)n1. The molecule has 0 unspecified atom stereocenters. The molecule has 1 heterocycles. The number of aryl methyl sites for hydroxylation is 1. The van der Waals surface area contributed by atoms with Gasteiger partial charge < -0.3 is 15.7 Å². The number of hydrogen-bond acceptors (Lipinski definition) is 4. The van der Waals surface area contributed by atoms with Gasteiger partial charge >= 0.3 is 5.97 Å². The number of amides is 1. The van der Waals surface area contributed by atoms with Crippen molar-refractivity contribution in [2.45, 2.75) is 46.1 Å². The standard InChI is InChI=1S/C15H23N3O3/c1-5-11-8-10(14(20)21)9-12(17-11)16-7-6-13(19)18-15(2,3)4/h8-9H,5-7H2,1-4H3,(H,16,17)(H,18,19)(H,20,21). The number of aromatic carboxylic acids is 1. The van der Waals surface area contributed by atoms with Gasteiger partial charge in [0.05, 0.1) is 5.56 Å². The number of nitrogens with zero attached hydrogens (tertiary/aromatic N) is 1. The monoisotopic (exact) mass is 293 g/mol. The summed E-state index contributed by atoms with van der Waals surface area (Å²) in [6.07, 6.45) is 0.956. The molecule has 0 spiro atoms. The van der Waals surface area contributed by atoms with Crippen molar-refractivity contribution in [3.05, 3.63) is 23.4 Å². The zero-order valence-electron chi connectivity index (χ0n) is 13.0. The van der Waals surface area contributed by atoms with Crippen molar-refractivity contribution < 1.29 is 14.7 Å². The summed E-state index contributed by atoms with van der Waals surface area (Å²) in [6.45, 7) is 8.08. The van der Waals surface area contributed by atoms with Crippen LogP contribution in [0.3, 0.4) is 0 Å². The van der Waals surface area contributed by atoms with Crippen LogP contribution in [-0.4, -0.2) is 34.1 Å². The lowest BCUT2D eigenvalue weighted by Crippen LogP contribution is -2.41. The molecular weight excluding hydrogens is 270 g/mol. The summed E-state index contributed by atoms with van der Waals surface area (Å²) in [4.78, 5) is 27.0. The van der Waals surface area contributed by atoms with Crippen molar-refractivity contribution in [3.8, 4) is 0 Å². The molecule has 21 heavy (non-hydrogen) atoms. The molecule has 1 amide bonds. The first kappa shape index (κ1) is 16.9. The Balaban J connectivity index is 2.61. The second-order valence-electron chi connectivity index (χ2n) is 5.87. The molecule has 0 atom stereocenters. The van der Waals surface area contributed by atoms with Crippen LogP contribution in [0.15, 0.2) is 12.1 Å². The number of pyridine rings is 1. The Morgan fingerprint density at radius 2 is 1.95 bits per heavy atom. The number of rotatable bonds is 6. The third-order valence-corrected chi connectivity index (χ3v) is 2.66. The largest absolute Gasteiger partial charge is 0.478 e. The third kappa shape index (κ3) is 6.25. The van der Waals surface area contributed by atoms with Crippen molar-refractivity contribution >= 4 is 17.7 Å². The van der Waals surface area contributed by atoms with E-state index < -0.39 is 5.97 Å². The van der Waals surface area contributed by atoms with Gasteiger partial charge in [0.1, 0.15) is 5.82 Å². The highest BCUT2D eigenvalue weighted by atomic mass is 16.4. The van der Waals surface area contributed by atoms with E-state index in [2.05, 4.69) is 15.6 Å². The molecule has 6 nitrogen and oxygen atoms in total. The summed E-state index contributed by atoms with van der Waals surface area (Å²) in [5, 5.41) is 14.9. The van der Waals surface area contributed by atoms with Crippen molar-refractivity contribution in [2.24, 2.45) is 0 Å². The lowest BCUT2D eigenvalue weighted by Gasteiger charge is -2.20. The molecule has 0 aromatic carbocycles. The van der Waals surface area contributed by atoms with E-state index in [0.717, 1.165) is 0 Å². The zero-order valence-corrected chi connectivity index (χ0v) is 13.0. The molecule has 0 fully saturated rings. The maximum atomic E-state index is 11.7. The topological polar surface area (TPSA) is 91.3 Å². The second-order valence-corrected chi connectivity index (χ2v) is 5.87. The average molecular weight is 293 g/mol. The summed E-state index contributed by atoms with van der Waals surface area (Å²) in [6, 6.07) is 3.03. The van der Waals surface area contributed by atoms with E-state index in [0.29, 0.717) is 30.9 Å². The van der Waals surface area contributed by atoms with E-state index in [1.807, 2.05) is 27.7 Å². The van der Waals surface area contributed by atoms with Gasteiger partial charge in [-0.1, -0.05) is 6.92 Å². The highest BCUT2D eigenvalue weighted by Crippen LogP contribution is 2.11. The molecule has 0 aliphatic heterocycles. The average Bonchev–Trinajstić information content (AvgIpc) is 2.36. The van der Waals surface area contributed by atoms with Gasteiger partial charge in [0, 0.05) is 24.2 Å². The quantitative estimate of drug-likeness (QED) is 0.746. The Labute approximate surface area is 125 Å². The third-order valence-electron chi connectivity index (χ3n) is 2.66. The molecule has 0 aliphatic rings. The van der Waals surface area contributed by atoms with Crippen LogP contribution in [0.4, 0.5) is 5.82 Å². The number of carboxylic acids is 1. The summed E-state index contributed by atoms with van der Waals surface area (Å²) in [7, 11) is 0. The molecule has 0 bridgehead atoms. The lowest BCUT2D eigenvalue weighted by molar-refractivity contribution is -0.122. The van der Waals surface area contributed by atoms with Crippen LogP contribution in [0.1, 0.15) is 50.2 Å². The van der Waals surface area contributed by atoms with E-state index in [4.69, 9.17) is 5.11 Å². The van der Waals surface area contributed by atoms with Gasteiger partial charge in [-0.15, -0.1) is 0 Å². The van der Waals surface area contributed by atoms with Gasteiger partial charge in [-0.3, -0.25) is 4.79 Å². The molecule has 0 aliphatic carbocycles. The number of anilines is 1.